The highest BCUT2D eigenvalue weighted by Gasteiger charge is 2.29. The third-order valence-electron chi connectivity index (χ3n) is 7.29. The first-order valence-corrected chi connectivity index (χ1v) is 13.8. The number of carbonyl (C=O) groups is 3. The number of hydrogen-bond acceptors (Lipinski definition) is 5. The normalized spacial score (nSPS) is 13.4. The zero-order chi connectivity index (χ0) is 29.5. The highest BCUT2D eigenvalue weighted by Crippen LogP contribution is 2.44. The van der Waals surface area contributed by atoms with Crippen LogP contribution in [0.1, 0.15) is 35.1 Å². The fourth-order valence-corrected chi connectivity index (χ4v) is 5.20. The van der Waals surface area contributed by atoms with E-state index in [1.807, 2.05) is 54.6 Å². The molecule has 0 unspecified atom stereocenters. The van der Waals surface area contributed by atoms with Crippen molar-refractivity contribution in [3.63, 3.8) is 0 Å². The summed E-state index contributed by atoms with van der Waals surface area (Å²) in [4.78, 5) is 37.3. The molecule has 4 aromatic carbocycles. The maximum Gasteiger partial charge on any atom is 0.411 e. The van der Waals surface area contributed by atoms with Crippen LogP contribution in [0, 0.1) is 0 Å². The first kappa shape index (κ1) is 28.6. The molecule has 0 heterocycles. The summed E-state index contributed by atoms with van der Waals surface area (Å²) in [5.41, 5.74) is 6.52. The number of aliphatic carboxylic acids is 1. The van der Waals surface area contributed by atoms with Gasteiger partial charge >= 0.3 is 12.1 Å². The van der Waals surface area contributed by atoms with Crippen molar-refractivity contribution in [2.45, 2.75) is 38.0 Å². The SMILES string of the molecule is C[C@H](OCc1ccccc1)[C@@H](NC(=O)Cc1cccc(NC(=O)OCC2c3ccccc3-c3ccccc32)c1)C(=O)O. The van der Waals surface area contributed by atoms with Gasteiger partial charge in [-0.2, -0.15) is 0 Å². The van der Waals surface area contributed by atoms with Gasteiger partial charge in [0.1, 0.15) is 6.61 Å². The van der Waals surface area contributed by atoms with Gasteiger partial charge in [0.05, 0.1) is 19.1 Å². The number of rotatable bonds is 11. The van der Waals surface area contributed by atoms with Crippen molar-refractivity contribution in [1.29, 1.82) is 0 Å². The van der Waals surface area contributed by atoms with Crippen LogP contribution in [0.2, 0.25) is 0 Å². The molecule has 42 heavy (non-hydrogen) atoms. The Morgan fingerprint density at radius 1 is 0.810 bits per heavy atom. The molecule has 0 radical (unpaired) electrons. The van der Waals surface area contributed by atoms with E-state index >= 15 is 0 Å². The molecule has 2 atom stereocenters. The number of benzene rings is 4. The van der Waals surface area contributed by atoms with Gasteiger partial charge in [-0.25, -0.2) is 9.59 Å². The van der Waals surface area contributed by atoms with E-state index in [0.717, 1.165) is 27.8 Å². The second kappa shape index (κ2) is 13.1. The van der Waals surface area contributed by atoms with Crippen LogP contribution >= 0.6 is 0 Å². The molecule has 8 heteroatoms. The second-order valence-electron chi connectivity index (χ2n) is 10.2. The molecule has 1 aliphatic rings. The topological polar surface area (TPSA) is 114 Å². The van der Waals surface area contributed by atoms with Gasteiger partial charge in [-0.1, -0.05) is 91.0 Å². The fraction of sp³-hybridized carbons (Fsp3) is 0.206. The van der Waals surface area contributed by atoms with E-state index in [4.69, 9.17) is 9.47 Å². The fourth-order valence-electron chi connectivity index (χ4n) is 5.20. The van der Waals surface area contributed by atoms with E-state index in [9.17, 15) is 19.5 Å². The molecule has 0 fully saturated rings. The van der Waals surface area contributed by atoms with Gasteiger partial charge in [0.15, 0.2) is 6.04 Å². The number of fused-ring (bicyclic) bond motifs is 3. The van der Waals surface area contributed by atoms with Crippen molar-refractivity contribution in [2.24, 2.45) is 0 Å². The third kappa shape index (κ3) is 6.85. The summed E-state index contributed by atoms with van der Waals surface area (Å²) < 4.78 is 11.3. The number of ether oxygens (including phenoxy) is 2. The van der Waals surface area contributed by atoms with Crippen LogP contribution in [0.5, 0.6) is 0 Å². The number of anilines is 1. The van der Waals surface area contributed by atoms with Crippen molar-refractivity contribution in [1.82, 2.24) is 5.32 Å². The Bertz CT molecular complexity index is 1530. The van der Waals surface area contributed by atoms with Crippen LogP contribution in [0.3, 0.4) is 0 Å². The predicted octanol–water partition coefficient (Wildman–Crippen LogP) is 5.76. The summed E-state index contributed by atoms with van der Waals surface area (Å²) in [5.74, 6) is -1.72. The molecule has 214 valence electrons. The molecule has 0 aliphatic heterocycles. The summed E-state index contributed by atoms with van der Waals surface area (Å²) >= 11 is 0. The minimum atomic E-state index is -1.22. The van der Waals surface area contributed by atoms with E-state index in [1.54, 1.807) is 31.2 Å². The zero-order valence-electron chi connectivity index (χ0n) is 23.2. The number of nitrogens with one attached hydrogen (secondary N) is 2. The summed E-state index contributed by atoms with van der Waals surface area (Å²) in [7, 11) is 0. The smallest absolute Gasteiger partial charge is 0.411 e. The van der Waals surface area contributed by atoms with Gasteiger partial charge in [-0.3, -0.25) is 10.1 Å². The Balaban J connectivity index is 1.14. The monoisotopic (exact) mass is 564 g/mol. The van der Waals surface area contributed by atoms with Crippen molar-refractivity contribution in [2.75, 3.05) is 11.9 Å². The lowest BCUT2D eigenvalue weighted by molar-refractivity contribution is -0.146. The van der Waals surface area contributed by atoms with Gasteiger partial charge < -0.3 is 19.9 Å². The molecule has 8 nitrogen and oxygen atoms in total. The van der Waals surface area contributed by atoms with E-state index in [1.165, 1.54) is 0 Å². The largest absolute Gasteiger partial charge is 0.480 e. The molecule has 2 amide bonds. The zero-order valence-corrected chi connectivity index (χ0v) is 23.2. The van der Waals surface area contributed by atoms with E-state index in [2.05, 4.69) is 34.9 Å². The van der Waals surface area contributed by atoms with Crippen molar-refractivity contribution in [3.05, 3.63) is 125 Å². The average Bonchev–Trinajstić information content (AvgIpc) is 3.32. The number of carbonyl (C=O) groups excluding carboxylic acids is 2. The van der Waals surface area contributed by atoms with Gasteiger partial charge in [-0.15, -0.1) is 0 Å². The van der Waals surface area contributed by atoms with Gasteiger partial charge in [-0.05, 0) is 52.4 Å². The molecule has 1 aliphatic carbocycles. The molecule has 3 N–H and O–H groups in total. The standard InChI is InChI=1S/C34H32N2O6/c1-22(41-20-23-10-3-2-4-11-23)32(33(38)39)36-31(37)19-24-12-9-13-25(18-24)35-34(40)42-21-30-28-16-7-5-14-26(28)27-15-6-8-17-29(27)30/h2-18,22,30,32H,19-21H2,1H3,(H,35,40)(H,36,37)(H,38,39)/t22-,32+/m0/s1. The van der Waals surface area contributed by atoms with Gasteiger partial charge in [0.25, 0.3) is 0 Å². The summed E-state index contributed by atoms with van der Waals surface area (Å²) in [5, 5.41) is 15.0. The highest BCUT2D eigenvalue weighted by atomic mass is 16.5. The van der Waals surface area contributed by atoms with Crippen LogP contribution in [0.25, 0.3) is 11.1 Å². The Morgan fingerprint density at radius 3 is 2.10 bits per heavy atom. The van der Waals surface area contributed by atoms with Crippen LogP contribution in [0.4, 0.5) is 10.5 Å². The molecular weight excluding hydrogens is 532 g/mol. The Labute approximate surface area is 244 Å². The highest BCUT2D eigenvalue weighted by molar-refractivity contribution is 5.87. The first-order valence-electron chi connectivity index (χ1n) is 13.8. The lowest BCUT2D eigenvalue weighted by Gasteiger charge is -2.22. The van der Waals surface area contributed by atoms with Crippen LogP contribution < -0.4 is 10.6 Å². The maximum atomic E-state index is 12.7. The van der Waals surface area contributed by atoms with Crippen LogP contribution in [-0.2, 0) is 32.1 Å². The average molecular weight is 565 g/mol. The first-order chi connectivity index (χ1) is 20.4. The molecule has 0 spiro atoms. The van der Waals surface area contributed by atoms with Crippen molar-refractivity contribution in [3.8, 4) is 11.1 Å². The molecular formula is C34H32N2O6. The summed E-state index contributed by atoms with van der Waals surface area (Å²) in [6.45, 7) is 2.02. The molecule has 4 aromatic rings. The molecule has 0 saturated heterocycles. The van der Waals surface area contributed by atoms with Crippen molar-refractivity contribution < 1.29 is 29.0 Å². The van der Waals surface area contributed by atoms with Gasteiger partial charge in [0.2, 0.25) is 5.91 Å². The quantitative estimate of drug-likeness (QED) is 0.213. The predicted molar refractivity (Wildman–Crippen MR) is 159 cm³/mol. The summed E-state index contributed by atoms with van der Waals surface area (Å²) in [6.07, 6.45) is -1.43. The number of carboxylic acids is 1. The number of amides is 2. The van der Waals surface area contributed by atoms with Crippen molar-refractivity contribution >= 4 is 23.7 Å². The maximum absolute atomic E-state index is 12.7. The molecule has 0 aromatic heterocycles. The second-order valence-corrected chi connectivity index (χ2v) is 10.2. The number of hydrogen-bond donors (Lipinski definition) is 3. The number of carboxylic acid groups (broad SMARTS) is 1. The molecule has 5 rings (SSSR count). The van der Waals surface area contributed by atoms with E-state index < -0.39 is 30.1 Å². The molecule has 0 saturated carbocycles. The lowest BCUT2D eigenvalue weighted by Crippen LogP contribution is -2.49. The van der Waals surface area contributed by atoms with Gasteiger partial charge in [0, 0.05) is 11.6 Å². The Hall–Kier alpha value is -4.95. The Kier molecular flexibility index (Phi) is 8.94. The third-order valence-corrected chi connectivity index (χ3v) is 7.29. The minimum absolute atomic E-state index is 0.0561. The van der Waals surface area contributed by atoms with Crippen LogP contribution in [-0.4, -0.2) is 41.8 Å². The van der Waals surface area contributed by atoms with E-state index in [0.29, 0.717) is 11.3 Å². The Morgan fingerprint density at radius 2 is 1.43 bits per heavy atom. The minimum Gasteiger partial charge on any atom is -0.480 e. The lowest BCUT2D eigenvalue weighted by atomic mass is 9.98. The van der Waals surface area contributed by atoms with E-state index in [-0.39, 0.29) is 25.6 Å². The van der Waals surface area contributed by atoms with Crippen LogP contribution in [0.15, 0.2) is 103 Å². The molecule has 0 bridgehead atoms. The summed E-state index contributed by atoms with van der Waals surface area (Å²) in [6, 6.07) is 31.2.